The highest BCUT2D eigenvalue weighted by atomic mass is 16.5. The third kappa shape index (κ3) is 5.32. The number of hydrogen-bond donors (Lipinski definition) is 0. The molecule has 0 aliphatic carbocycles. The quantitative estimate of drug-likeness (QED) is 0.380. The Morgan fingerprint density at radius 2 is 1.40 bits per heavy atom. The number of carbonyl (C=O) groups is 2. The van der Waals surface area contributed by atoms with E-state index in [4.69, 9.17) is 4.74 Å². The van der Waals surface area contributed by atoms with Crippen LogP contribution in [0.1, 0.15) is 60.8 Å². The number of ether oxygens (including phenoxy) is 1. The Kier molecular flexibility index (Phi) is 8.12. The first-order valence-electron chi connectivity index (χ1n) is 7.27. The molecule has 0 aromatic heterocycles. The SMILES string of the molecule is CCOC(=O)C(CC=C(C)C)(CC=C(C)C)C(=O)CC. The molecule has 0 aliphatic rings. The molecule has 0 N–H and O–H groups in total. The minimum Gasteiger partial charge on any atom is -0.465 e. The molecule has 0 aliphatic heterocycles. The van der Waals surface area contributed by atoms with Gasteiger partial charge in [-0.05, 0) is 47.5 Å². The minimum absolute atomic E-state index is 0.0500. The van der Waals surface area contributed by atoms with Crippen molar-refractivity contribution in [2.45, 2.75) is 60.8 Å². The van der Waals surface area contributed by atoms with Crippen LogP contribution < -0.4 is 0 Å². The van der Waals surface area contributed by atoms with Crippen LogP contribution in [0.15, 0.2) is 23.3 Å². The van der Waals surface area contributed by atoms with Gasteiger partial charge in [0, 0.05) is 6.42 Å². The van der Waals surface area contributed by atoms with Crippen molar-refractivity contribution < 1.29 is 14.3 Å². The van der Waals surface area contributed by atoms with Crippen LogP contribution in [-0.4, -0.2) is 18.4 Å². The number of rotatable bonds is 8. The van der Waals surface area contributed by atoms with Gasteiger partial charge in [-0.3, -0.25) is 9.59 Å². The molecule has 0 aromatic carbocycles. The van der Waals surface area contributed by atoms with Crippen molar-refractivity contribution >= 4 is 11.8 Å². The summed E-state index contributed by atoms with van der Waals surface area (Å²) in [5.41, 5.74) is 1.12. The van der Waals surface area contributed by atoms with Crippen molar-refractivity contribution in [1.82, 2.24) is 0 Å². The number of hydrogen-bond acceptors (Lipinski definition) is 3. The van der Waals surface area contributed by atoms with Gasteiger partial charge in [0.1, 0.15) is 5.41 Å². The zero-order valence-electron chi connectivity index (χ0n) is 13.7. The minimum atomic E-state index is -1.07. The van der Waals surface area contributed by atoms with Gasteiger partial charge in [0.2, 0.25) is 0 Å². The van der Waals surface area contributed by atoms with E-state index >= 15 is 0 Å². The number of esters is 1. The first kappa shape index (κ1) is 18.6. The van der Waals surface area contributed by atoms with Crippen molar-refractivity contribution in [2.75, 3.05) is 6.61 Å². The predicted molar refractivity (Wildman–Crippen MR) is 82.5 cm³/mol. The lowest BCUT2D eigenvalue weighted by molar-refractivity contribution is -0.159. The number of Topliss-reactive ketones (excluding diaryl/α,β-unsaturated/α-hetero) is 1. The number of carbonyl (C=O) groups excluding carboxylic acids is 2. The summed E-state index contributed by atoms with van der Waals surface area (Å²) in [5.74, 6) is -0.451. The van der Waals surface area contributed by atoms with Gasteiger partial charge < -0.3 is 4.74 Å². The molecule has 0 saturated heterocycles. The summed E-state index contributed by atoms with van der Waals surface area (Å²) in [5, 5.41) is 0. The Morgan fingerprint density at radius 3 is 1.70 bits per heavy atom. The van der Waals surface area contributed by atoms with Gasteiger partial charge in [-0.2, -0.15) is 0 Å². The summed E-state index contributed by atoms with van der Waals surface area (Å²) < 4.78 is 5.18. The fourth-order valence-electron chi connectivity index (χ4n) is 1.96. The molecule has 3 nitrogen and oxygen atoms in total. The fourth-order valence-corrected chi connectivity index (χ4v) is 1.96. The van der Waals surface area contributed by atoms with Gasteiger partial charge in [0.25, 0.3) is 0 Å². The molecule has 0 spiro atoms. The molecule has 3 heteroatoms. The average molecular weight is 280 g/mol. The van der Waals surface area contributed by atoms with E-state index < -0.39 is 11.4 Å². The Morgan fingerprint density at radius 1 is 0.950 bits per heavy atom. The number of allylic oxidation sites excluding steroid dienone is 4. The highest BCUT2D eigenvalue weighted by Crippen LogP contribution is 2.33. The molecule has 0 heterocycles. The van der Waals surface area contributed by atoms with E-state index in [9.17, 15) is 9.59 Å². The molecule has 0 fully saturated rings. The van der Waals surface area contributed by atoms with E-state index in [1.165, 1.54) is 0 Å². The third-order valence-electron chi connectivity index (χ3n) is 3.24. The molecule has 0 aromatic rings. The van der Waals surface area contributed by atoms with E-state index in [1.54, 1.807) is 13.8 Å². The van der Waals surface area contributed by atoms with E-state index in [-0.39, 0.29) is 5.78 Å². The first-order valence-corrected chi connectivity index (χ1v) is 7.27. The van der Waals surface area contributed by atoms with Crippen molar-refractivity contribution in [2.24, 2.45) is 5.41 Å². The van der Waals surface area contributed by atoms with Crippen LogP contribution in [0.4, 0.5) is 0 Å². The smallest absolute Gasteiger partial charge is 0.320 e. The van der Waals surface area contributed by atoms with E-state index in [1.807, 2.05) is 39.8 Å². The second-order valence-corrected chi connectivity index (χ2v) is 5.55. The third-order valence-corrected chi connectivity index (χ3v) is 3.24. The van der Waals surface area contributed by atoms with Crippen LogP contribution in [0.5, 0.6) is 0 Å². The Hall–Kier alpha value is -1.38. The van der Waals surface area contributed by atoms with Crippen molar-refractivity contribution in [3.05, 3.63) is 23.3 Å². The molecule has 0 amide bonds. The van der Waals surface area contributed by atoms with E-state index in [0.717, 1.165) is 11.1 Å². The second kappa shape index (κ2) is 8.72. The Bertz CT molecular complexity index is 374. The van der Waals surface area contributed by atoms with Gasteiger partial charge in [0.05, 0.1) is 6.61 Å². The molecule has 0 atom stereocenters. The molecular weight excluding hydrogens is 252 g/mol. The van der Waals surface area contributed by atoms with E-state index in [2.05, 4.69) is 0 Å². The van der Waals surface area contributed by atoms with E-state index in [0.29, 0.717) is 25.9 Å². The summed E-state index contributed by atoms with van der Waals surface area (Å²) in [6, 6.07) is 0. The topological polar surface area (TPSA) is 43.4 Å². The molecule has 0 unspecified atom stereocenters. The maximum atomic E-state index is 12.4. The van der Waals surface area contributed by atoms with Crippen molar-refractivity contribution in [1.29, 1.82) is 0 Å². The summed E-state index contributed by atoms with van der Waals surface area (Å²) in [6.45, 7) is 11.7. The largest absolute Gasteiger partial charge is 0.465 e. The summed E-state index contributed by atoms with van der Waals surface area (Å²) in [7, 11) is 0. The van der Waals surface area contributed by atoms with Gasteiger partial charge in [-0.1, -0.05) is 30.2 Å². The zero-order chi connectivity index (χ0) is 15.8. The normalized spacial score (nSPS) is 10.7. The average Bonchev–Trinajstić information content (AvgIpc) is 2.38. The van der Waals surface area contributed by atoms with Crippen LogP contribution >= 0.6 is 0 Å². The van der Waals surface area contributed by atoms with Crippen LogP contribution in [0.3, 0.4) is 0 Å². The van der Waals surface area contributed by atoms with Crippen molar-refractivity contribution in [3.63, 3.8) is 0 Å². The maximum Gasteiger partial charge on any atom is 0.320 e. The van der Waals surface area contributed by atoms with Crippen LogP contribution in [0, 0.1) is 5.41 Å². The Balaban J connectivity index is 5.61. The standard InChI is InChI=1S/C17H28O3/c1-7-15(18)17(11-9-13(3)4,12-10-14(5)6)16(19)20-8-2/h9-10H,7-8,11-12H2,1-6H3. The summed E-state index contributed by atoms with van der Waals surface area (Å²) in [4.78, 5) is 24.8. The van der Waals surface area contributed by atoms with Gasteiger partial charge in [-0.15, -0.1) is 0 Å². The van der Waals surface area contributed by atoms with Crippen LogP contribution in [0.2, 0.25) is 0 Å². The molecule has 0 bridgehead atoms. The highest BCUT2D eigenvalue weighted by Gasteiger charge is 2.44. The predicted octanol–water partition coefficient (Wildman–Crippen LogP) is 4.23. The molecule has 0 rings (SSSR count). The van der Waals surface area contributed by atoms with Crippen molar-refractivity contribution in [3.8, 4) is 0 Å². The second-order valence-electron chi connectivity index (χ2n) is 5.55. The molecule has 0 saturated carbocycles. The van der Waals surface area contributed by atoms with Gasteiger partial charge in [0.15, 0.2) is 5.78 Å². The first-order chi connectivity index (χ1) is 9.30. The van der Waals surface area contributed by atoms with Crippen LogP contribution in [0.25, 0.3) is 0 Å². The Labute approximate surface area is 123 Å². The highest BCUT2D eigenvalue weighted by molar-refractivity contribution is 6.04. The maximum absolute atomic E-state index is 12.4. The lowest BCUT2D eigenvalue weighted by Gasteiger charge is -2.28. The summed E-state index contributed by atoms with van der Waals surface area (Å²) >= 11 is 0. The molecule has 0 radical (unpaired) electrons. The number of ketones is 1. The lowest BCUT2D eigenvalue weighted by Crippen LogP contribution is -2.40. The monoisotopic (exact) mass is 280 g/mol. The molecule has 20 heavy (non-hydrogen) atoms. The zero-order valence-corrected chi connectivity index (χ0v) is 13.7. The van der Waals surface area contributed by atoms with Gasteiger partial charge >= 0.3 is 5.97 Å². The van der Waals surface area contributed by atoms with Gasteiger partial charge in [-0.25, -0.2) is 0 Å². The fraction of sp³-hybridized carbons (Fsp3) is 0.647. The van der Waals surface area contributed by atoms with Crippen LogP contribution in [-0.2, 0) is 14.3 Å². The molecule has 114 valence electrons. The summed E-state index contributed by atoms with van der Waals surface area (Å²) in [6.07, 6.45) is 5.05. The lowest BCUT2D eigenvalue weighted by atomic mass is 9.75. The molecular formula is C17H28O3.